The molecule has 0 unspecified atom stereocenters. The second-order valence-corrected chi connectivity index (χ2v) is 106. The van der Waals surface area contributed by atoms with Gasteiger partial charge in [-0.05, 0) is 0 Å². The van der Waals surface area contributed by atoms with Crippen LogP contribution in [0.5, 0.6) is 0 Å². The van der Waals surface area contributed by atoms with E-state index in [0.29, 0.717) is 6.41 Å². The number of nitrogens with one attached hydrogen (secondary N) is 2. The number of amides is 2. The normalized spacial score (nSPS) is 26.8. The molecule has 2 N–H and O–H groups in total. The van der Waals surface area contributed by atoms with E-state index in [4.69, 9.17) is 18.6 Å². The molecule has 0 aromatic rings. The van der Waals surface area contributed by atoms with Crippen molar-refractivity contribution < 1.29 is 76.7 Å². The van der Waals surface area contributed by atoms with E-state index in [1.54, 1.807) is 0 Å². The second kappa shape index (κ2) is 6.71. The Morgan fingerprint density at radius 1 is 1.31 bits per heavy atom. The SMILES string of the molecule is [CH3][Ti]1([CH3])[Ti][Ti]([NH]C=O)[Ti][Ti]([Cl])([Cl])([NH]C=O)[Ti]1. The number of halogens is 2. The van der Waals surface area contributed by atoms with E-state index in [1.807, 2.05) is 0 Å². The average molecular weight is 476 g/mol. The first-order valence-corrected chi connectivity index (χ1v) is 37.4. The van der Waals surface area contributed by atoms with Crippen molar-refractivity contribution >= 4 is 31.4 Å². The summed E-state index contributed by atoms with van der Waals surface area (Å²) in [7, 11) is 8.20. The van der Waals surface area contributed by atoms with Crippen LogP contribution >= 0.6 is 18.6 Å². The standard InChI is InChI=1S/2CH3NO.2CH3.2ClH.6Ti/c2*2-1-3;;;;;;;;;;/h2*1H,(H2,2,3);2*1H3;2*1H;;;;;;/q;;;;;;;;;;+1;+3/p-4. The van der Waals surface area contributed by atoms with Crippen LogP contribution in [0.25, 0.3) is 0 Å². The Kier molecular flexibility index (Phi) is 7.49. The minimum absolute atomic E-state index is 0.0953. The summed E-state index contributed by atoms with van der Waals surface area (Å²) in [6, 6.07) is 0. The van der Waals surface area contributed by atoms with Gasteiger partial charge in [0.05, 0.1) is 0 Å². The van der Waals surface area contributed by atoms with Gasteiger partial charge >= 0.3 is 126 Å². The fourth-order valence-electron chi connectivity index (χ4n) is 1.48. The summed E-state index contributed by atoms with van der Waals surface area (Å²) >= 11 is -2.06. The summed E-state index contributed by atoms with van der Waals surface area (Å²) in [5.41, 5.74) is 0. The third-order valence-electron chi connectivity index (χ3n) is 1.83. The van der Waals surface area contributed by atoms with E-state index >= 15 is 0 Å². The molecule has 12 heteroatoms. The van der Waals surface area contributed by atoms with Gasteiger partial charge < -0.3 is 0 Å². The maximum absolute atomic E-state index is 10.7. The van der Waals surface area contributed by atoms with Gasteiger partial charge in [-0.3, -0.25) is 0 Å². The Labute approximate surface area is 123 Å². The van der Waals surface area contributed by atoms with E-state index in [9.17, 15) is 9.59 Å². The van der Waals surface area contributed by atoms with Gasteiger partial charge in [-0.25, -0.2) is 0 Å². The van der Waals surface area contributed by atoms with E-state index in [2.05, 4.69) is 18.1 Å². The molecule has 4 nitrogen and oxygen atoms in total. The van der Waals surface area contributed by atoms with Crippen LogP contribution in [0, 0.1) is 0 Å². The number of carbonyl (C=O) groups is 2. The predicted molar refractivity (Wildman–Crippen MR) is 41.8 cm³/mol. The van der Waals surface area contributed by atoms with Gasteiger partial charge in [0, 0.05) is 0 Å². The van der Waals surface area contributed by atoms with Gasteiger partial charge in [0.25, 0.3) is 0 Å². The molecular formula is C4H10Cl2N2O2Ti6. The van der Waals surface area contributed by atoms with Crippen LogP contribution in [0.1, 0.15) is 0 Å². The van der Waals surface area contributed by atoms with Gasteiger partial charge in [-0.15, -0.1) is 0 Å². The van der Waals surface area contributed by atoms with Crippen molar-refractivity contribution in [1.29, 1.82) is 0 Å². The molecule has 0 bridgehead atoms. The van der Waals surface area contributed by atoms with Crippen molar-refractivity contribution in [3.63, 3.8) is 0 Å². The molecule has 0 aromatic heterocycles. The molecule has 0 atom stereocenters. The third kappa shape index (κ3) is 5.66. The van der Waals surface area contributed by atoms with Crippen LogP contribution in [0.2, 0.25) is 10.5 Å². The first-order chi connectivity index (χ1) is 7.19. The van der Waals surface area contributed by atoms with Crippen molar-refractivity contribution in [2.24, 2.45) is 0 Å². The Morgan fingerprint density at radius 2 is 1.94 bits per heavy atom. The maximum atomic E-state index is 10.7. The fraction of sp³-hybridized carbons (Fsp3) is 0.500. The van der Waals surface area contributed by atoms with Crippen LogP contribution in [0.4, 0.5) is 0 Å². The minimum atomic E-state index is -3.53. The predicted octanol–water partition coefficient (Wildman–Crippen LogP) is 0.925. The zero-order valence-corrected chi connectivity index (χ0v) is 19.6. The van der Waals surface area contributed by atoms with Crippen molar-refractivity contribution in [3.05, 3.63) is 0 Å². The Balaban J connectivity index is 2.94. The van der Waals surface area contributed by atoms with Gasteiger partial charge in [-0.2, -0.15) is 0 Å². The quantitative estimate of drug-likeness (QED) is 0.469. The number of rotatable bonds is 4. The van der Waals surface area contributed by atoms with Crippen LogP contribution in [-0.2, 0) is 76.7 Å². The first kappa shape index (κ1) is 17.9. The summed E-state index contributed by atoms with van der Waals surface area (Å²) in [6.45, 7) is 0. The first-order valence-electron chi connectivity index (χ1n) is 4.43. The van der Waals surface area contributed by atoms with Crippen molar-refractivity contribution in [3.8, 4) is 0 Å². The van der Waals surface area contributed by atoms with Gasteiger partial charge in [0.15, 0.2) is 0 Å². The van der Waals surface area contributed by atoms with Crippen LogP contribution in [0.15, 0.2) is 0 Å². The summed E-state index contributed by atoms with van der Waals surface area (Å²) in [5, 5.41) is 4.82. The molecule has 86 valence electrons. The number of hydrogen-bond acceptors (Lipinski definition) is 2. The molecule has 0 aromatic carbocycles. The van der Waals surface area contributed by atoms with Crippen LogP contribution in [-0.4, -0.2) is 12.8 Å². The Morgan fingerprint density at radius 3 is 2.44 bits per heavy atom. The zero-order valence-electron chi connectivity index (χ0n) is 8.73. The summed E-state index contributed by atoms with van der Waals surface area (Å²) < 4.78 is 5.95. The number of hydrogen-bond donors (Lipinski definition) is 2. The molecule has 1 heterocycles. The van der Waals surface area contributed by atoms with Gasteiger partial charge in [0.1, 0.15) is 0 Å². The summed E-state index contributed by atoms with van der Waals surface area (Å²) in [5.74, 6) is 0. The molecule has 1 rings (SSSR count). The summed E-state index contributed by atoms with van der Waals surface area (Å²) in [4.78, 5) is 21.3. The van der Waals surface area contributed by atoms with Gasteiger partial charge in [-0.1, -0.05) is 0 Å². The Bertz CT molecular complexity index is 315. The molecule has 2 amide bonds. The van der Waals surface area contributed by atoms with Crippen molar-refractivity contribution in [2.45, 2.75) is 10.5 Å². The molecule has 0 aliphatic carbocycles. The summed E-state index contributed by atoms with van der Waals surface area (Å²) in [6.07, 6.45) is 1.55. The van der Waals surface area contributed by atoms with Crippen LogP contribution < -0.4 is 7.60 Å². The van der Waals surface area contributed by atoms with E-state index in [0.717, 1.165) is 6.41 Å². The van der Waals surface area contributed by atoms with Gasteiger partial charge in [0.2, 0.25) is 0 Å². The molecule has 1 aliphatic heterocycles. The molecule has 0 spiro atoms. The topological polar surface area (TPSA) is 58.2 Å². The van der Waals surface area contributed by atoms with E-state index < -0.39 is 41.7 Å². The molecule has 1 aliphatic rings. The molecular weight excluding hydrogens is 466 g/mol. The van der Waals surface area contributed by atoms with Crippen molar-refractivity contribution in [2.75, 3.05) is 0 Å². The second-order valence-electron chi connectivity index (χ2n) is 3.91. The Hall–Kier alpha value is 3.81. The molecule has 1 saturated heterocycles. The van der Waals surface area contributed by atoms with Crippen LogP contribution in [0.3, 0.4) is 0 Å². The number of carbonyl (C=O) groups excluding carboxylic acids is 2. The third-order valence-corrected chi connectivity index (χ3v) is 207. The van der Waals surface area contributed by atoms with E-state index in [1.165, 1.54) is 0 Å². The monoisotopic (exact) mass is 476 g/mol. The molecule has 0 radical (unpaired) electrons. The van der Waals surface area contributed by atoms with E-state index in [-0.39, 0.29) is 25.5 Å². The van der Waals surface area contributed by atoms with Crippen molar-refractivity contribution in [1.82, 2.24) is 7.60 Å². The molecule has 1 fully saturated rings. The fourth-order valence-corrected chi connectivity index (χ4v) is 496. The average Bonchev–Trinajstić information content (AvgIpc) is 1.97. The zero-order chi connectivity index (χ0) is 12.5. The molecule has 16 heavy (non-hydrogen) atoms. The molecule has 0 saturated carbocycles.